The Balaban J connectivity index is 1.84. The zero-order valence-corrected chi connectivity index (χ0v) is 26.9. The molecule has 1 saturated carbocycles. The smallest absolute Gasteiger partial charge is 0.306 e. The van der Waals surface area contributed by atoms with Crippen molar-refractivity contribution in [3.8, 4) is 0 Å². The fourth-order valence-electron chi connectivity index (χ4n) is 4.28. The van der Waals surface area contributed by atoms with E-state index in [-0.39, 0.29) is 11.8 Å². The van der Waals surface area contributed by atoms with Gasteiger partial charge in [0.15, 0.2) is 5.65 Å². The van der Waals surface area contributed by atoms with Crippen LogP contribution in [0.3, 0.4) is 0 Å². The van der Waals surface area contributed by atoms with E-state index in [0.29, 0.717) is 26.3 Å². The average Bonchev–Trinajstić information content (AvgIpc) is 3.17. The molecule has 0 bridgehead atoms. The molecule has 0 radical (unpaired) electrons. The Morgan fingerprint density at radius 2 is 1.61 bits per heavy atom. The average molecular weight is 647 g/mol. The number of aliphatic carboxylic acids is 1. The molecule has 0 unspecified atom stereocenters. The number of anilines is 1. The summed E-state index contributed by atoms with van der Waals surface area (Å²) >= 11 is 2.28. The Labute approximate surface area is 231 Å². The minimum Gasteiger partial charge on any atom is -0.481 e. The SMILES string of the molecule is C[Si](C)(C)CCOCN(COCC[Si](C)(C)C)c1cc(C2CCC(C(=O)O)CC2)nc2c(I)cnn12. The van der Waals surface area contributed by atoms with Crippen molar-refractivity contribution in [1.82, 2.24) is 14.6 Å². The van der Waals surface area contributed by atoms with Gasteiger partial charge in [-0.2, -0.15) is 9.61 Å². The molecule has 2 aromatic heterocycles. The second-order valence-corrected chi connectivity index (χ2v) is 24.8. The first-order valence-electron chi connectivity index (χ1n) is 13.0. The van der Waals surface area contributed by atoms with Gasteiger partial charge in [-0.05, 0) is 60.4 Å². The summed E-state index contributed by atoms with van der Waals surface area (Å²) in [5.74, 6) is 0.243. The molecule has 8 nitrogen and oxygen atoms in total. The number of halogens is 1. The number of hydrogen-bond donors (Lipinski definition) is 1. The fraction of sp³-hybridized carbons (Fsp3) is 0.720. The fourth-order valence-corrected chi connectivity index (χ4v) is 6.27. The molecule has 1 aliphatic rings. The lowest BCUT2D eigenvalue weighted by Gasteiger charge is -2.29. The summed E-state index contributed by atoms with van der Waals surface area (Å²) in [6.07, 6.45) is 4.91. The van der Waals surface area contributed by atoms with Crippen molar-refractivity contribution in [2.24, 2.45) is 5.92 Å². The zero-order chi connectivity index (χ0) is 26.5. The van der Waals surface area contributed by atoms with Crippen molar-refractivity contribution >= 4 is 56.2 Å². The van der Waals surface area contributed by atoms with E-state index in [1.807, 2.05) is 10.7 Å². The van der Waals surface area contributed by atoms with Crippen molar-refractivity contribution in [2.45, 2.75) is 83.0 Å². The summed E-state index contributed by atoms with van der Waals surface area (Å²) in [7, 11) is -2.37. The van der Waals surface area contributed by atoms with E-state index in [4.69, 9.17) is 14.5 Å². The van der Waals surface area contributed by atoms with E-state index < -0.39 is 22.1 Å². The van der Waals surface area contributed by atoms with Crippen LogP contribution in [0.2, 0.25) is 51.4 Å². The Kier molecular flexibility index (Phi) is 10.4. The van der Waals surface area contributed by atoms with Crippen LogP contribution in [-0.4, -0.2) is 68.5 Å². The van der Waals surface area contributed by atoms with E-state index in [1.165, 1.54) is 0 Å². The Morgan fingerprint density at radius 3 is 2.11 bits per heavy atom. The molecule has 0 aliphatic heterocycles. The third kappa shape index (κ3) is 8.78. The number of hydrogen-bond acceptors (Lipinski definition) is 6. The third-order valence-electron chi connectivity index (χ3n) is 6.74. The maximum atomic E-state index is 11.4. The maximum Gasteiger partial charge on any atom is 0.306 e. The van der Waals surface area contributed by atoms with Gasteiger partial charge in [0, 0.05) is 47.0 Å². The largest absolute Gasteiger partial charge is 0.481 e. The van der Waals surface area contributed by atoms with Crippen molar-refractivity contribution in [3.63, 3.8) is 0 Å². The van der Waals surface area contributed by atoms with Crippen LogP contribution in [0, 0.1) is 9.49 Å². The molecule has 2 heterocycles. The lowest BCUT2D eigenvalue weighted by Crippen LogP contribution is -2.33. The second kappa shape index (κ2) is 12.7. The molecule has 11 heteroatoms. The monoisotopic (exact) mass is 646 g/mol. The molecule has 0 aromatic carbocycles. The predicted octanol–water partition coefficient (Wildman–Crippen LogP) is 6.12. The summed E-state index contributed by atoms with van der Waals surface area (Å²) in [6, 6.07) is 4.34. The van der Waals surface area contributed by atoms with Crippen LogP contribution < -0.4 is 4.90 Å². The molecule has 0 atom stereocenters. The van der Waals surface area contributed by atoms with Gasteiger partial charge in [0.2, 0.25) is 0 Å². The maximum absolute atomic E-state index is 11.4. The first-order chi connectivity index (χ1) is 16.8. The molecule has 1 N–H and O–H groups in total. The topological polar surface area (TPSA) is 89.2 Å². The number of fused-ring (bicyclic) bond motifs is 1. The van der Waals surface area contributed by atoms with Gasteiger partial charge in [-0.3, -0.25) is 4.79 Å². The summed E-state index contributed by atoms with van der Waals surface area (Å²) in [5, 5.41) is 14.0. The van der Waals surface area contributed by atoms with E-state index >= 15 is 0 Å². The molecule has 202 valence electrons. The van der Waals surface area contributed by atoms with Crippen LogP contribution in [-0.2, 0) is 14.3 Å². The van der Waals surface area contributed by atoms with Gasteiger partial charge in [0.1, 0.15) is 19.3 Å². The van der Waals surface area contributed by atoms with Crippen LogP contribution in [0.25, 0.3) is 5.65 Å². The van der Waals surface area contributed by atoms with Crippen LogP contribution in [0.15, 0.2) is 12.3 Å². The van der Waals surface area contributed by atoms with Gasteiger partial charge in [-0.15, -0.1) is 0 Å². The van der Waals surface area contributed by atoms with Gasteiger partial charge < -0.3 is 19.5 Å². The van der Waals surface area contributed by atoms with E-state index in [1.54, 1.807) is 0 Å². The van der Waals surface area contributed by atoms with Crippen LogP contribution in [0.5, 0.6) is 0 Å². The third-order valence-corrected chi connectivity index (χ3v) is 10.9. The van der Waals surface area contributed by atoms with Gasteiger partial charge in [-0.25, -0.2) is 4.98 Å². The molecule has 36 heavy (non-hydrogen) atoms. The van der Waals surface area contributed by atoms with Crippen molar-refractivity contribution in [1.29, 1.82) is 0 Å². The van der Waals surface area contributed by atoms with Crippen LogP contribution >= 0.6 is 22.6 Å². The number of carboxylic acids is 1. The number of carboxylic acid groups (broad SMARTS) is 1. The number of aromatic nitrogens is 3. The highest BCUT2D eigenvalue weighted by Crippen LogP contribution is 2.37. The number of ether oxygens (including phenoxy) is 2. The van der Waals surface area contributed by atoms with Crippen molar-refractivity contribution in [2.75, 3.05) is 31.6 Å². The normalized spacial score (nSPS) is 19.1. The molecule has 0 saturated heterocycles. The van der Waals surface area contributed by atoms with E-state index in [0.717, 1.165) is 58.9 Å². The zero-order valence-electron chi connectivity index (χ0n) is 22.7. The predicted molar refractivity (Wildman–Crippen MR) is 158 cm³/mol. The Hall–Kier alpha value is -1.03. The number of rotatable bonds is 13. The first-order valence-corrected chi connectivity index (χ1v) is 21.5. The molecule has 0 amide bonds. The Bertz CT molecular complexity index is 992. The lowest BCUT2D eigenvalue weighted by molar-refractivity contribution is -0.142. The first kappa shape index (κ1) is 29.5. The van der Waals surface area contributed by atoms with Crippen molar-refractivity contribution < 1.29 is 19.4 Å². The van der Waals surface area contributed by atoms with Crippen LogP contribution in [0.1, 0.15) is 37.3 Å². The highest BCUT2D eigenvalue weighted by Gasteiger charge is 2.29. The summed E-state index contributed by atoms with van der Waals surface area (Å²) in [5.41, 5.74) is 1.84. The van der Waals surface area contributed by atoms with Gasteiger partial charge in [0.25, 0.3) is 0 Å². The number of carbonyl (C=O) groups is 1. The highest BCUT2D eigenvalue weighted by molar-refractivity contribution is 14.1. The minimum atomic E-state index is -1.19. The molecular weight excluding hydrogens is 603 g/mol. The second-order valence-electron chi connectivity index (χ2n) is 12.4. The standard InChI is InChI=1S/C25H43IN4O4Si2/c1-35(2,3)13-11-33-17-29(18-34-12-14-36(4,5)6)23-15-22(28-24-21(26)16-27-30(23)24)19-7-9-20(10-8-19)25(31)32/h15-16,19-20H,7-14,17-18H2,1-6H3,(H,31,32). The van der Waals surface area contributed by atoms with Gasteiger partial charge >= 0.3 is 5.97 Å². The van der Waals surface area contributed by atoms with E-state index in [9.17, 15) is 9.90 Å². The van der Waals surface area contributed by atoms with Crippen molar-refractivity contribution in [3.05, 3.63) is 21.5 Å². The van der Waals surface area contributed by atoms with E-state index in [2.05, 4.69) is 77.9 Å². The molecule has 1 aliphatic carbocycles. The summed E-state index contributed by atoms with van der Waals surface area (Å²) < 4.78 is 15.2. The van der Waals surface area contributed by atoms with Crippen LogP contribution in [0.4, 0.5) is 5.82 Å². The van der Waals surface area contributed by atoms with Gasteiger partial charge in [-0.1, -0.05) is 39.3 Å². The molecule has 3 rings (SSSR count). The Morgan fingerprint density at radius 1 is 1.06 bits per heavy atom. The minimum absolute atomic E-state index is 0.240. The lowest BCUT2D eigenvalue weighted by atomic mass is 9.80. The molecule has 1 fully saturated rings. The molecule has 2 aromatic rings. The number of nitrogens with zero attached hydrogens (tertiary/aromatic N) is 4. The summed E-state index contributed by atoms with van der Waals surface area (Å²) in [6.45, 7) is 16.5. The quantitative estimate of drug-likeness (QED) is 0.121. The molecular formula is C25H43IN4O4Si2. The highest BCUT2D eigenvalue weighted by atomic mass is 127. The van der Waals surface area contributed by atoms with Gasteiger partial charge in [0.05, 0.1) is 15.7 Å². The summed E-state index contributed by atoms with van der Waals surface area (Å²) in [4.78, 5) is 18.5. The molecule has 0 spiro atoms.